The third kappa shape index (κ3) is 6.33. The van der Waals surface area contributed by atoms with Crippen molar-refractivity contribution < 1.29 is 24.2 Å². The van der Waals surface area contributed by atoms with Crippen LogP contribution in [0.15, 0.2) is 30.7 Å². The lowest BCUT2D eigenvalue weighted by molar-refractivity contribution is -0.139. The van der Waals surface area contributed by atoms with Gasteiger partial charge in [-0.15, -0.1) is 0 Å². The Morgan fingerprint density at radius 3 is 2.76 bits per heavy atom. The van der Waals surface area contributed by atoms with Gasteiger partial charge in [0.15, 0.2) is 18.1 Å². The van der Waals surface area contributed by atoms with Gasteiger partial charge >= 0.3 is 5.97 Å². The maximum absolute atomic E-state index is 12.6. The molecule has 0 radical (unpaired) electrons. The number of carbonyl (C=O) groups is 2. The van der Waals surface area contributed by atoms with Crippen molar-refractivity contribution in [1.29, 1.82) is 0 Å². The molecule has 1 amide bonds. The minimum Gasteiger partial charge on any atom is -0.493 e. The number of hydrogen-bond acceptors (Lipinski definition) is 10. The first kappa shape index (κ1) is 24.7. The first-order valence-corrected chi connectivity index (χ1v) is 10.7. The fourth-order valence-corrected chi connectivity index (χ4v) is 3.25. The molecular formula is C22H29N7O5. The van der Waals surface area contributed by atoms with Crippen LogP contribution in [0.1, 0.15) is 5.56 Å². The molecule has 0 unspecified atom stereocenters. The van der Waals surface area contributed by atoms with Gasteiger partial charge < -0.3 is 40.7 Å². The molecule has 12 nitrogen and oxygen atoms in total. The second-order valence-electron chi connectivity index (χ2n) is 7.48. The average molecular weight is 472 g/mol. The van der Waals surface area contributed by atoms with E-state index in [-0.39, 0.29) is 11.7 Å². The zero-order chi connectivity index (χ0) is 24.5. The number of methoxy groups -OCH3 is 1. The van der Waals surface area contributed by atoms with Crippen LogP contribution in [0.25, 0.3) is 5.57 Å². The van der Waals surface area contributed by atoms with E-state index >= 15 is 0 Å². The second kappa shape index (κ2) is 11.8. The number of carboxylic acid groups (broad SMARTS) is 1. The molecule has 0 atom stereocenters. The number of amides is 1. The maximum atomic E-state index is 12.6. The van der Waals surface area contributed by atoms with Gasteiger partial charge in [-0.1, -0.05) is 0 Å². The van der Waals surface area contributed by atoms with E-state index < -0.39 is 12.6 Å². The molecule has 0 saturated carbocycles. The van der Waals surface area contributed by atoms with Gasteiger partial charge in [-0.3, -0.25) is 4.79 Å². The van der Waals surface area contributed by atoms with Crippen molar-refractivity contribution >= 4 is 34.8 Å². The summed E-state index contributed by atoms with van der Waals surface area (Å²) in [5.41, 5.74) is 1.52. The van der Waals surface area contributed by atoms with Crippen molar-refractivity contribution in [2.45, 2.75) is 0 Å². The van der Waals surface area contributed by atoms with Crippen LogP contribution in [0, 0.1) is 0 Å². The third-order valence-corrected chi connectivity index (χ3v) is 5.02. The van der Waals surface area contributed by atoms with Crippen molar-refractivity contribution in [3.05, 3.63) is 36.3 Å². The largest absolute Gasteiger partial charge is 0.493 e. The van der Waals surface area contributed by atoms with Crippen LogP contribution in [0.3, 0.4) is 0 Å². The second-order valence-corrected chi connectivity index (χ2v) is 7.48. The van der Waals surface area contributed by atoms with Gasteiger partial charge in [0.25, 0.3) is 5.91 Å². The summed E-state index contributed by atoms with van der Waals surface area (Å²) in [6, 6.07) is 4.95. The van der Waals surface area contributed by atoms with Crippen LogP contribution in [0.4, 0.5) is 17.3 Å². The minimum atomic E-state index is -1.10. The van der Waals surface area contributed by atoms with Crippen molar-refractivity contribution in [1.82, 2.24) is 20.2 Å². The Morgan fingerprint density at radius 2 is 2.03 bits per heavy atom. The molecule has 1 aliphatic rings. The predicted octanol–water partition coefficient (Wildman–Crippen LogP) is 0.917. The van der Waals surface area contributed by atoms with E-state index in [0.29, 0.717) is 40.8 Å². The summed E-state index contributed by atoms with van der Waals surface area (Å²) >= 11 is 0. The summed E-state index contributed by atoms with van der Waals surface area (Å²) in [7, 11) is 5.41. The molecule has 12 heteroatoms. The van der Waals surface area contributed by atoms with E-state index in [0.717, 1.165) is 19.6 Å². The van der Waals surface area contributed by atoms with Gasteiger partial charge in [0, 0.05) is 44.1 Å². The number of aromatic nitrogens is 2. The number of hydrogen-bond donors (Lipinski definition) is 5. The standard InChI is InChI=1S/C22H29N7O5/c1-23-6-8-29(2)9-7-24-20-19-15(22(32)28-21(19)27-13-26-20)11-25-14-4-5-16(33-3)17(10-14)34-12-18(30)31/h4-5,10-11,13,23,25H,6-9,12H2,1-3H3,(H,30,31)(H2,24,26,27,28,32)/b15-11-. The predicted molar refractivity (Wildman–Crippen MR) is 128 cm³/mol. The normalized spacial score (nSPS) is 13.5. The highest BCUT2D eigenvalue weighted by Crippen LogP contribution is 2.35. The molecule has 1 aromatic heterocycles. The summed E-state index contributed by atoms with van der Waals surface area (Å²) in [6.45, 7) is 2.73. The highest BCUT2D eigenvalue weighted by atomic mass is 16.5. The molecule has 0 aliphatic carbocycles. The maximum Gasteiger partial charge on any atom is 0.341 e. The molecule has 0 bridgehead atoms. The Balaban J connectivity index is 1.75. The summed E-state index contributed by atoms with van der Waals surface area (Å²) < 4.78 is 10.5. The van der Waals surface area contributed by atoms with Crippen molar-refractivity contribution in [2.75, 3.05) is 69.9 Å². The fraction of sp³-hybridized carbons (Fsp3) is 0.364. The number of carboxylic acids is 1. The van der Waals surface area contributed by atoms with Crippen LogP contribution in [0.5, 0.6) is 11.5 Å². The number of likely N-dealkylation sites (N-methyl/N-ethyl adjacent to an activating group) is 2. The Kier molecular flexibility index (Phi) is 8.60. The number of fused-ring (bicyclic) bond motifs is 1. The lowest BCUT2D eigenvalue weighted by Gasteiger charge is -2.17. The minimum absolute atomic E-state index is 0.262. The van der Waals surface area contributed by atoms with E-state index in [9.17, 15) is 9.59 Å². The monoisotopic (exact) mass is 471 g/mol. The zero-order valence-corrected chi connectivity index (χ0v) is 19.3. The van der Waals surface area contributed by atoms with Crippen molar-refractivity contribution in [3.63, 3.8) is 0 Å². The van der Waals surface area contributed by atoms with E-state index in [4.69, 9.17) is 14.6 Å². The molecule has 2 aromatic rings. The summed E-state index contributed by atoms with van der Waals surface area (Å²) in [5.74, 6) is 0.224. The first-order valence-electron chi connectivity index (χ1n) is 10.7. The van der Waals surface area contributed by atoms with Gasteiger partial charge in [0.1, 0.15) is 18.0 Å². The lowest BCUT2D eigenvalue weighted by Crippen LogP contribution is -2.31. The van der Waals surface area contributed by atoms with Gasteiger partial charge in [-0.25, -0.2) is 14.8 Å². The molecule has 3 rings (SSSR count). The summed E-state index contributed by atoms with van der Waals surface area (Å²) in [6.07, 6.45) is 2.95. The zero-order valence-electron chi connectivity index (χ0n) is 19.3. The number of ether oxygens (including phenoxy) is 2. The van der Waals surface area contributed by atoms with Gasteiger partial charge in [0.2, 0.25) is 0 Å². The number of benzene rings is 1. The number of rotatable bonds is 13. The lowest BCUT2D eigenvalue weighted by atomic mass is 10.1. The van der Waals surface area contributed by atoms with Crippen LogP contribution < -0.4 is 30.7 Å². The van der Waals surface area contributed by atoms with Gasteiger partial charge in [-0.2, -0.15) is 0 Å². The highest BCUT2D eigenvalue weighted by Gasteiger charge is 2.29. The number of anilines is 3. The number of aliphatic carboxylic acids is 1. The third-order valence-electron chi connectivity index (χ3n) is 5.02. The molecule has 2 heterocycles. The van der Waals surface area contributed by atoms with Crippen molar-refractivity contribution in [2.24, 2.45) is 0 Å². The Bertz CT molecular complexity index is 1060. The topological polar surface area (TPSA) is 150 Å². The van der Waals surface area contributed by atoms with Gasteiger partial charge in [-0.05, 0) is 26.2 Å². The fourth-order valence-electron chi connectivity index (χ4n) is 3.25. The molecule has 1 aromatic carbocycles. The quantitative estimate of drug-likeness (QED) is 0.265. The van der Waals surface area contributed by atoms with Crippen LogP contribution >= 0.6 is 0 Å². The van der Waals surface area contributed by atoms with Gasteiger partial charge in [0.05, 0.1) is 18.2 Å². The summed E-state index contributed by atoms with van der Waals surface area (Å²) in [4.78, 5) is 34.1. The molecule has 0 fully saturated rings. The van der Waals surface area contributed by atoms with Crippen LogP contribution in [-0.2, 0) is 9.59 Å². The Hall–Kier alpha value is -3.90. The average Bonchev–Trinajstić information content (AvgIpc) is 3.15. The SMILES string of the molecule is CNCCN(C)CCNc1ncnc2c1/C(=C/Nc1ccc(OC)c(OCC(=O)O)c1)C(=O)N2. The molecule has 0 spiro atoms. The molecule has 1 aliphatic heterocycles. The molecular weight excluding hydrogens is 442 g/mol. The van der Waals surface area contributed by atoms with Crippen molar-refractivity contribution in [3.8, 4) is 11.5 Å². The molecule has 34 heavy (non-hydrogen) atoms. The molecule has 5 N–H and O–H groups in total. The first-order chi connectivity index (χ1) is 16.4. The van der Waals surface area contributed by atoms with Crippen LogP contribution in [0.2, 0.25) is 0 Å². The number of nitrogens with one attached hydrogen (secondary N) is 4. The van der Waals surface area contributed by atoms with E-state index in [1.807, 2.05) is 14.1 Å². The Labute approximate surface area is 197 Å². The number of nitrogens with zero attached hydrogens (tertiary/aromatic N) is 3. The van der Waals surface area contributed by atoms with E-state index in [1.54, 1.807) is 24.4 Å². The van der Waals surface area contributed by atoms with E-state index in [2.05, 4.69) is 36.1 Å². The summed E-state index contributed by atoms with van der Waals surface area (Å²) in [5, 5.41) is 21.1. The molecule has 182 valence electrons. The smallest absolute Gasteiger partial charge is 0.341 e. The number of carbonyl (C=O) groups excluding carboxylic acids is 1. The van der Waals surface area contributed by atoms with Crippen LogP contribution in [-0.4, -0.2) is 85.8 Å². The Morgan fingerprint density at radius 1 is 1.24 bits per heavy atom. The molecule has 0 saturated heterocycles. The highest BCUT2D eigenvalue weighted by molar-refractivity contribution is 6.32. The van der Waals surface area contributed by atoms with E-state index in [1.165, 1.54) is 13.4 Å².